The molecule has 0 radical (unpaired) electrons. The van der Waals surface area contributed by atoms with E-state index in [0.29, 0.717) is 0 Å². The van der Waals surface area contributed by atoms with Gasteiger partial charge < -0.3 is 0 Å². The lowest BCUT2D eigenvalue weighted by Crippen LogP contribution is -1.82. The van der Waals surface area contributed by atoms with Crippen LogP contribution < -0.4 is 0 Å². The van der Waals surface area contributed by atoms with Crippen molar-refractivity contribution in [1.29, 1.82) is 0 Å². The summed E-state index contributed by atoms with van der Waals surface area (Å²) in [5, 5.41) is 10.4. The van der Waals surface area contributed by atoms with Crippen LogP contribution in [-0.4, -0.2) is 0 Å². The third kappa shape index (κ3) is 3.42. The van der Waals surface area contributed by atoms with Gasteiger partial charge >= 0.3 is 0 Å². The zero-order valence-electron chi connectivity index (χ0n) is 20.5. The van der Waals surface area contributed by atoms with E-state index in [9.17, 15) is 0 Å². The first-order valence-electron chi connectivity index (χ1n) is 12.9. The van der Waals surface area contributed by atoms with Crippen LogP contribution in [0.1, 0.15) is 0 Å². The second kappa shape index (κ2) is 8.66. The predicted molar refractivity (Wildman–Crippen MR) is 169 cm³/mol. The Morgan fingerprint density at radius 1 is 0.289 bits per heavy atom. The Balaban J connectivity index is 1.29. The van der Waals surface area contributed by atoms with Crippen LogP contribution in [0.4, 0.5) is 0 Å². The lowest BCUT2D eigenvalue weighted by Gasteiger charge is -2.10. The summed E-state index contributed by atoms with van der Waals surface area (Å²) in [4.78, 5) is 5.27. The number of thiophene rings is 2. The molecule has 0 aliphatic heterocycles. The maximum atomic E-state index is 2.31. The van der Waals surface area contributed by atoms with Gasteiger partial charge in [0.1, 0.15) is 0 Å². The highest BCUT2D eigenvalue weighted by Gasteiger charge is 2.16. The lowest BCUT2D eigenvalue weighted by molar-refractivity contribution is 1.75. The average molecular weight is 519 g/mol. The molecule has 0 bridgehead atoms. The van der Waals surface area contributed by atoms with E-state index in [0.717, 1.165) is 0 Å². The molecule has 8 rings (SSSR count). The molecule has 0 unspecified atom stereocenters. The van der Waals surface area contributed by atoms with Crippen LogP contribution in [0.15, 0.2) is 133 Å². The van der Waals surface area contributed by atoms with Crippen LogP contribution in [0, 0.1) is 0 Å². The van der Waals surface area contributed by atoms with Crippen molar-refractivity contribution in [2.75, 3.05) is 0 Å². The molecule has 0 atom stereocenters. The number of hydrogen-bond donors (Lipinski definition) is 0. The number of hydrogen-bond acceptors (Lipinski definition) is 2. The molecule has 8 aromatic rings. The SMILES string of the molecule is c1ccc2c(-c3ccc(-c4ccc(-c5c6ccccc6cc6ccccc56)s4)s3)c3ccccc3cc2c1. The molecule has 178 valence electrons. The summed E-state index contributed by atoms with van der Waals surface area (Å²) in [6.07, 6.45) is 0. The van der Waals surface area contributed by atoms with E-state index in [-0.39, 0.29) is 0 Å². The van der Waals surface area contributed by atoms with Crippen molar-refractivity contribution in [2.45, 2.75) is 0 Å². The highest BCUT2D eigenvalue weighted by Crippen LogP contribution is 2.46. The Hall–Kier alpha value is -4.24. The van der Waals surface area contributed by atoms with Gasteiger partial charge in [-0.25, -0.2) is 0 Å². The van der Waals surface area contributed by atoms with Crippen LogP contribution in [0.5, 0.6) is 0 Å². The van der Waals surface area contributed by atoms with Crippen molar-refractivity contribution in [3.63, 3.8) is 0 Å². The van der Waals surface area contributed by atoms with Gasteiger partial charge in [0.25, 0.3) is 0 Å². The van der Waals surface area contributed by atoms with Crippen molar-refractivity contribution in [3.8, 4) is 30.6 Å². The molecule has 2 heterocycles. The van der Waals surface area contributed by atoms with Gasteiger partial charge in [-0.05, 0) is 79.5 Å². The third-order valence-electron chi connectivity index (χ3n) is 7.49. The fraction of sp³-hybridized carbons (Fsp3) is 0. The van der Waals surface area contributed by atoms with E-state index in [1.165, 1.54) is 73.7 Å². The first-order chi connectivity index (χ1) is 18.8. The Labute approximate surface area is 229 Å². The Kier molecular flexibility index (Phi) is 4.97. The molecule has 2 heteroatoms. The fourth-order valence-electron chi connectivity index (χ4n) is 5.77. The van der Waals surface area contributed by atoms with Crippen LogP contribution in [0.25, 0.3) is 73.7 Å². The monoisotopic (exact) mass is 518 g/mol. The van der Waals surface area contributed by atoms with Crippen LogP contribution in [-0.2, 0) is 0 Å². The van der Waals surface area contributed by atoms with Crippen LogP contribution >= 0.6 is 22.7 Å². The van der Waals surface area contributed by atoms with E-state index >= 15 is 0 Å². The highest BCUT2D eigenvalue weighted by molar-refractivity contribution is 7.25. The van der Waals surface area contributed by atoms with E-state index in [1.54, 1.807) is 0 Å². The van der Waals surface area contributed by atoms with E-state index in [1.807, 2.05) is 22.7 Å². The van der Waals surface area contributed by atoms with Gasteiger partial charge in [-0.15, -0.1) is 22.7 Å². The average Bonchev–Trinajstić information content (AvgIpc) is 3.65. The zero-order valence-corrected chi connectivity index (χ0v) is 22.2. The second-order valence-corrected chi connectivity index (χ2v) is 11.9. The zero-order chi connectivity index (χ0) is 25.1. The summed E-state index contributed by atoms with van der Waals surface area (Å²) in [5.41, 5.74) is 2.68. The second-order valence-electron chi connectivity index (χ2n) is 9.72. The van der Waals surface area contributed by atoms with Crippen molar-refractivity contribution in [1.82, 2.24) is 0 Å². The standard InChI is InChI=1S/C36H22S2/c1-5-13-27-23(9-1)21-24-10-2-6-14-28(24)35(27)33-19-17-31(37-33)32-18-20-34(38-32)36-29-15-7-3-11-25(29)22-26-12-4-8-16-30(26)36/h1-22H. The summed E-state index contributed by atoms with van der Waals surface area (Å²) in [6, 6.07) is 48.8. The van der Waals surface area contributed by atoms with Gasteiger partial charge in [0, 0.05) is 30.6 Å². The van der Waals surface area contributed by atoms with Gasteiger partial charge in [-0.1, -0.05) is 97.1 Å². The molecule has 0 amide bonds. The smallest absolute Gasteiger partial charge is 0.0449 e. The van der Waals surface area contributed by atoms with Crippen LogP contribution in [0.2, 0.25) is 0 Å². The summed E-state index contributed by atoms with van der Waals surface area (Å²) in [6.45, 7) is 0. The van der Waals surface area contributed by atoms with Crippen molar-refractivity contribution < 1.29 is 0 Å². The molecule has 6 aromatic carbocycles. The van der Waals surface area contributed by atoms with Crippen LogP contribution in [0.3, 0.4) is 0 Å². The van der Waals surface area contributed by atoms with E-state index in [4.69, 9.17) is 0 Å². The fourth-order valence-corrected chi connectivity index (χ4v) is 8.02. The first-order valence-corrected chi connectivity index (χ1v) is 14.5. The quantitative estimate of drug-likeness (QED) is 0.204. The summed E-state index contributed by atoms with van der Waals surface area (Å²) in [5.74, 6) is 0. The maximum Gasteiger partial charge on any atom is 0.0449 e. The van der Waals surface area contributed by atoms with Gasteiger partial charge in [0.05, 0.1) is 0 Å². The summed E-state index contributed by atoms with van der Waals surface area (Å²) < 4.78 is 0. The molecule has 38 heavy (non-hydrogen) atoms. The van der Waals surface area contributed by atoms with E-state index in [2.05, 4.69) is 133 Å². The Morgan fingerprint density at radius 2 is 0.579 bits per heavy atom. The third-order valence-corrected chi connectivity index (χ3v) is 9.89. The molecule has 0 aliphatic rings. The van der Waals surface area contributed by atoms with Gasteiger partial charge in [0.2, 0.25) is 0 Å². The minimum Gasteiger partial charge on any atom is -0.134 e. The molecule has 0 fully saturated rings. The van der Waals surface area contributed by atoms with Gasteiger partial charge in [-0.3, -0.25) is 0 Å². The summed E-state index contributed by atoms with van der Waals surface area (Å²) >= 11 is 3.79. The molecule has 0 aliphatic carbocycles. The molecule has 0 spiro atoms. The largest absolute Gasteiger partial charge is 0.134 e. The highest BCUT2D eigenvalue weighted by atomic mass is 32.1. The molecular formula is C36H22S2. The minimum absolute atomic E-state index is 1.29. The normalized spacial score (nSPS) is 11.7. The van der Waals surface area contributed by atoms with Crippen molar-refractivity contribution in [3.05, 3.63) is 133 Å². The van der Waals surface area contributed by atoms with Gasteiger partial charge in [0.15, 0.2) is 0 Å². The lowest BCUT2D eigenvalue weighted by atomic mass is 9.96. The van der Waals surface area contributed by atoms with E-state index < -0.39 is 0 Å². The number of rotatable bonds is 3. The molecule has 0 saturated carbocycles. The predicted octanol–water partition coefficient (Wildman–Crippen LogP) is 11.4. The minimum atomic E-state index is 1.29. The van der Waals surface area contributed by atoms with Gasteiger partial charge in [-0.2, -0.15) is 0 Å². The molecule has 0 nitrogen and oxygen atoms in total. The topological polar surface area (TPSA) is 0 Å². The van der Waals surface area contributed by atoms with Crippen molar-refractivity contribution >= 4 is 65.8 Å². The molecule has 0 saturated heterocycles. The maximum absolute atomic E-state index is 2.31. The Bertz CT molecular complexity index is 1880. The van der Waals surface area contributed by atoms with Crippen molar-refractivity contribution in [2.24, 2.45) is 0 Å². The molecule has 2 aromatic heterocycles. The first kappa shape index (κ1) is 21.8. The molecular weight excluding hydrogens is 497 g/mol. The number of fused-ring (bicyclic) bond motifs is 4. The Morgan fingerprint density at radius 3 is 0.921 bits per heavy atom. The summed E-state index contributed by atoms with van der Waals surface area (Å²) in [7, 11) is 0. The molecule has 0 N–H and O–H groups in total. The number of benzene rings is 6.